The first kappa shape index (κ1) is 17.7. The third kappa shape index (κ3) is 3.88. The molecule has 1 saturated heterocycles. The number of imide groups is 1. The number of carbonyl (C=O) groups is 2. The second kappa shape index (κ2) is 7.53. The number of amides is 3. The highest BCUT2D eigenvalue weighted by Gasteiger charge is 2.48. The van der Waals surface area contributed by atoms with Gasteiger partial charge in [-0.2, -0.15) is 0 Å². The molecule has 0 aromatic heterocycles. The molecule has 5 nitrogen and oxygen atoms in total. The van der Waals surface area contributed by atoms with Crippen molar-refractivity contribution in [1.82, 2.24) is 15.5 Å². The Morgan fingerprint density at radius 3 is 1.81 bits per heavy atom. The smallest absolute Gasteiger partial charge is 0.322 e. The fourth-order valence-electron chi connectivity index (χ4n) is 4.29. The maximum absolute atomic E-state index is 12.2. The molecule has 140 valence electrons. The SMILES string of the molecule is O=C1NC(=O)C2(CCC(N(Cc3ccccc3)Cc3ccccc3)CC2)N1. The monoisotopic (exact) mass is 363 g/mol. The number of rotatable bonds is 5. The summed E-state index contributed by atoms with van der Waals surface area (Å²) in [5, 5.41) is 5.26. The van der Waals surface area contributed by atoms with Crippen LogP contribution < -0.4 is 10.6 Å². The van der Waals surface area contributed by atoms with E-state index in [4.69, 9.17) is 0 Å². The van der Waals surface area contributed by atoms with Crippen LogP contribution in [0.4, 0.5) is 4.79 Å². The van der Waals surface area contributed by atoms with Crippen molar-refractivity contribution in [3.8, 4) is 0 Å². The minimum Gasteiger partial charge on any atom is -0.323 e. The zero-order valence-electron chi connectivity index (χ0n) is 15.4. The minimum atomic E-state index is -0.696. The molecule has 4 rings (SSSR count). The van der Waals surface area contributed by atoms with Gasteiger partial charge in [0, 0.05) is 19.1 Å². The highest BCUT2D eigenvalue weighted by atomic mass is 16.2. The van der Waals surface area contributed by atoms with Gasteiger partial charge in [0.15, 0.2) is 0 Å². The van der Waals surface area contributed by atoms with Gasteiger partial charge in [-0.1, -0.05) is 60.7 Å². The summed E-state index contributed by atoms with van der Waals surface area (Å²) in [7, 11) is 0. The molecule has 5 heteroatoms. The van der Waals surface area contributed by atoms with Crippen LogP contribution in [0.25, 0.3) is 0 Å². The van der Waals surface area contributed by atoms with Crippen molar-refractivity contribution in [1.29, 1.82) is 0 Å². The van der Waals surface area contributed by atoms with Gasteiger partial charge in [0.2, 0.25) is 0 Å². The van der Waals surface area contributed by atoms with Crippen LogP contribution in [0.3, 0.4) is 0 Å². The largest absolute Gasteiger partial charge is 0.323 e. The molecule has 1 heterocycles. The number of nitrogens with one attached hydrogen (secondary N) is 2. The molecule has 2 N–H and O–H groups in total. The van der Waals surface area contributed by atoms with Crippen LogP contribution in [0.5, 0.6) is 0 Å². The van der Waals surface area contributed by atoms with E-state index in [2.05, 4.69) is 64.1 Å². The third-order valence-electron chi connectivity index (χ3n) is 5.80. The topological polar surface area (TPSA) is 61.4 Å². The molecule has 2 aliphatic rings. The molecule has 1 aliphatic heterocycles. The third-order valence-corrected chi connectivity index (χ3v) is 5.80. The summed E-state index contributed by atoms with van der Waals surface area (Å²) in [5.74, 6) is -0.163. The van der Waals surface area contributed by atoms with Crippen LogP contribution in [0.15, 0.2) is 60.7 Å². The van der Waals surface area contributed by atoms with Gasteiger partial charge in [-0.25, -0.2) is 4.79 Å². The van der Waals surface area contributed by atoms with Crippen molar-refractivity contribution in [2.45, 2.75) is 50.4 Å². The molecule has 1 aliphatic carbocycles. The Morgan fingerprint density at radius 2 is 1.37 bits per heavy atom. The number of hydrogen-bond donors (Lipinski definition) is 2. The standard InChI is InChI=1S/C22H25N3O2/c26-20-22(24-21(27)23-20)13-11-19(12-14-22)25(15-17-7-3-1-4-8-17)16-18-9-5-2-6-10-18/h1-10,19H,11-16H2,(H2,23,24,26,27). The summed E-state index contributed by atoms with van der Waals surface area (Å²) in [6, 6.07) is 21.0. The van der Waals surface area contributed by atoms with Crippen LogP contribution >= 0.6 is 0 Å². The van der Waals surface area contributed by atoms with E-state index >= 15 is 0 Å². The van der Waals surface area contributed by atoms with Crippen molar-refractivity contribution < 1.29 is 9.59 Å². The molecule has 0 bridgehead atoms. The quantitative estimate of drug-likeness (QED) is 0.802. The van der Waals surface area contributed by atoms with Crippen molar-refractivity contribution in [3.05, 3.63) is 71.8 Å². The van der Waals surface area contributed by atoms with Crippen LogP contribution in [-0.4, -0.2) is 28.4 Å². The summed E-state index contributed by atoms with van der Waals surface area (Å²) >= 11 is 0. The maximum atomic E-state index is 12.2. The van der Waals surface area contributed by atoms with E-state index < -0.39 is 5.54 Å². The number of hydrogen-bond acceptors (Lipinski definition) is 3. The Labute approximate surface area is 159 Å². The number of nitrogens with zero attached hydrogens (tertiary/aromatic N) is 1. The summed E-state index contributed by atoms with van der Waals surface area (Å²) in [4.78, 5) is 26.3. The van der Waals surface area contributed by atoms with Crippen molar-refractivity contribution in [3.63, 3.8) is 0 Å². The molecule has 2 aromatic carbocycles. The molecular weight excluding hydrogens is 338 g/mol. The molecule has 27 heavy (non-hydrogen) atoms. The van der Waals surface area contributed by atoms with Gasteiger partial charge in [0.05, 0.1) is 0 Å². The van der Waals surface area contributed by atoms with Crippen molar-refractivity contribution >= 4 is 11.9 Å². The highest BCUT2D eigenvalue weighted by Crippen LogP contribution is 2.34. The molecular formula is C22H25N3O2. The fraction of sp³-hybridized carbons (Fsp3) is 0.364. The van der Waals surface area contributed by atoms with Gasteiger partial charge < -0.3 is 5.32 Å². The lowest BCUT2D eigenvalue weighted by atomic mass is 9.79. The maximum Gasteiger partial charge on any atom is 0.322 e. The van der Waals surface area contributed by atoms with Crippen molar-refractivity contribution in [2.24, 2.45) is 0 Å². The Morgan fingerprint density at radius 1 is 0.852 bits per heavy atom. The second-order valence-electron chi connectivity index (χ2n) is 7.60. The van der Waals surface area contributed by atoms with E-state index in [0.717, 1.165) is 25.9 Å². The predicted octanol–water partition coefficient (Wildman–Crippen LogP) is 3.21. The molecule has 0 unspecified atom stereocenters. The number of benzene rings is 2. The van der Waals surface area contributed by atoms with E-state index in [0.29, 0.717) is 18.9 Å². The van der Waals surface area contributed by atoms with Gasteiger partial charge in [0.1, 0.15) is 5.54 Å². The Balaban J connectivity index is 1.49. The fourth-order valence-corrected chi connectivity index (χ4v) is 4.29. The second-order valence-corrected chi connectivity index (χ2v) is 7.60. The van der Waals surface area contributed by atoms with Gasteiger partial charge in [0.25, 0.3) is 5.91 Å². The first-order valence-corrected chi connectivity index (χ1v) is 9.60. The van der Waals surface area contributed by atoms with E-state index in [1.807, 2.05) is 12.1 Å². The molecule has 2 fully saturated rings. The molecule has 1 spiro atoms. The van der Waals surface area contributed by atoms with Crippen molar-refractivity contribution in [2.75, 3.05) is 0 Å². The van der Waals surface area contributed by atoms with Crippen LogP contribution in [0.1, 0.15) is 36.8 Å². The average molecular weight is 363 g/mol. The Bertz CT molecular complexity index is 757. The highest BCUT2D eigenvalue weighted by molar-refractivity contribution is 6.07. The minimum absolute atomic E-state index is 0.163. The first-order chi connectivity index (χ1) is 13.1. The molecule has 1 saturated carbocycles. The van der Waals surface area contributed by atoms with E-state index in [1.54, 1.807) is 0 Å². The average Bonchev–Trinajstić information content (AvgIpc) is 2.96. The van der Waals surface area contributed by atoms with E-state index in [-0.39, 0.29) is 11.9 Å². The molecule has 2 aromatic rings. The Kier molecular flexibility index (Phi) is 4.94. The van der Waals surface area contributed by atoms with Gasteiger partial charge in [-0.3, -0.25) is 15.0 Å². The van der Waals surface area contributed by atoms with Crippen LogP contribution in [0, 0.1) is 0 Å². The van der Waals surface area contributed by atoms with Crippen LogP contribution in [0.2, 0.25) is 0 Å². The zero-order chi connectivity index (χ0) is 18.7. The molecule has 3 amide bonds. The Hall–Kier alpha value is -2.66. The number of carbonyl (C=O) groups excluding carboxylic acids is 2. The summed E-state index contributed by atoms with van der Waals surface area (Å²) in [5.41, 5.74) is 1.89. The summed E-state index contributed by atoms with van der Waals surface area (Å²) in [6.45, 7) is 1.76. The van der Waals surface area contributed by atoms with E-state index in [1.165, 1.54) is 11.1 Å². The van der Waals surface area contributed by atoms with Gasteiger partial charge in [-0.05, 0) is 36.8 Å². The van der Waals surface area contributed by atoms with Gasteiger partial charge in [-0.15, -0.1) is 0 Å². The lowest BCUT2D eigenvalue weighted by molar-refractivity contribution is -0.125. The van der Waals surface area contributed by atoms with Gasteiger partial charge >= 0.3 is 6.03 Å². The normalized spacial score (nSPS) is 24.9. The molecule has 0 atom stereocenters. The first-order valence-electron chi connectivity index (χ1n) is 9.60. The summed E-state index contributed by atoms with van der Waals surface area (Å²) < 4.78 is 0. The lowest BCUT2D eigenvalue weighted by Gasteiger charge is -2.40. The van der Waals surface area contributed by atoms with Crippen LogP contribution in [-0.2, 0) is 17.9 Å². The zero-order valence-corrected chi connectivity index (χ0v) is 15.4. The predicted molar refractivity (Wildman–Crippen MR) is 104 cm³/mol. The molecule has 0 radical (unpaired) electrons. The lowest BCUT2D eigenvalue weighted by Crippen LogP contribution is -2.52. The number of urea groups is 1. The van der Waals surface area contributed by atoms with E-state index in [9.17, 15) is 9.59 Å². The summed E-state index contributed by atoms with van der Waals surface area (Å²) in [6.07, 6.45) is 3.17.